The first-order valence-electron chi connectivity index (χ1n) is 6.23. The second-order valence-electron chi connectivity index (χ2n) is 4.60. The Bertz CT molecular complexity index is 819. The molecule has 0 saturated carbocycles. The highest BCUT2D eigenvalue weighted by molar-refractivity contribution is 7.92. The molecule has 8 heteroatoms. The van der Waals surface area contributed by atoms with Gasteiger partial charge in [0.15, 0.2) is 0 Å². The fourth-order valence-electron chi connectivity index (χ4n) is 2.04. The minimum atomic E-state index is -3.93. The molecule has 0 aliphatic carbocycles. The normalized spacial score (nSPS) is 11.2. The lowest BCUT2D eigenvalue weighted by atomic mass is 10.1. The molecule has 2 aromatic carbocycles. The van der Waals surface area contributed by atoms with Gasteiger partial charge in [-0.15, -0.1) is 0 Å². The molecule has 2 rings (SSSR count). The van der Waals surface area contributed by atoms with Crippen LogP contribution in [0.5, 0.6) is 0 Å². The number of sulfonamides is 1. The lowest BCUT2D eigenvalue weighted by molar-refractivity contribution is -0.385. The summed E-state index contributed by atoms with van der Waals surface area (Å²) in [6.07, 6.45) is 0. The maximum absolute atomic E-state index is 12.9. The summed E-state index contributed by atoms with van der Waals surface area (Å²) in [7, 11) is -2.63. The molecule has 116 valence electrons. The van der Waals surface area contributed by atoms with E-state index in [0.717, 1.165) is 28.6 Å². The third kappa shape index (κ3) is 2.77. The molecule has 0 amide bonds. The summed E-state index contributed by atoms with van der Waals surface area (Å²) in [5, 5.41) is 10.9. The number of nitrogens with zero attached hydrogens (tertiary/aromatic N) is 2. The zero-order valence-electron chi connectivity index (χ0n) is 11.9. The fraction of sp³-hybridized carbons (Fsp3) is 0.143. The first-order chi connectivity index (χ1) is 10.2. The number of nitro benzene ring substituents is 1. The molecular weight excluding hydrogens is 311 g/mol. The van der Waals surface area contributed by atoms with Gasteiger partial charge in [0, 0.05) is 13.1 Å². The zero-order valence-corrected chi connectivity index (χ0v) is 12.7. The number of benzene rings is 2. The van der Waals surface area contributed by atoms with E-state index in [1.807, 2.05) is 0 Å². The SMILES string of the molecule is Cc1c(N(C)S(=O)(=O)c2ccc(F)cc2)cccc1[N+](=O)[O-]. The van der Waals surface area contributed by atoms with Crippen LogP contribution in [0.15, 0.2) is 47.4 Å². The van der Waals surface area contributed by atoms with Crippen molar-refractivity contribution in [3.8, 4) is 0 Å². The summed E-state index contributed by atoms with van der Waals surface area (Å²) in [4.78, 5) is 10.3. The third-order valence-corrected chi connectivity index (χ3v) is 5.07. The fourth-order valence-corrected chi connectivity index (χ4v) is 3.30. The minimum absolute atomic E-state index is 0.0951. The number of halogens is 1. The van der Waals surface area contributed by atoms with Gasteiger partial charge >= 0.3 is 0 Å². The Labute approximate surface area is 127 Å². The monoisotopic (exact) mass is 324 g/mol. The van der Waals surface area contributed by atoms with Gasteiger partial charge in [0.25, 0.3) is 15.7 Å². The zero-order chi connectivity index (χ0) is 16.5. The molecule has 0 saturated heterocycles. The van der Waals surface area contributed by atoms with Crippen LogP contribution >= 0.6 is 0 Å². The predicted molar refractivity (Wildman–Crippen MR) is 79.8 cm³/mol. The number of nitro groups is 1. The van der Waals surface area contributed by atoms with Crippen LogP contribution in [-0.4, -0.2) is 20.4 Å². The molecule has 0 bridgehead atoms. The van der Waals surface area contributed by atoms with Crippen molar-refractivity contribution < 1.29 is 17.7 Å². The molecule has 6 nitrogen and oxygen atoms in total. The minimum Gasteiger partial charge on any atom is -0.269 e. The molecule has 0 heterocycles. The van der Waals surface area contributed by atoms with Gasteiger partial charge in [-0.1, -0.05) is 6.07 Å². The van der Waals surface area contributed by atoms with Crippen molar-refractivity contribution in [3.05, 3.63) is 64.0 Å². The van der Waals surface area contributed by atoms with Crippen LogP contribution < -0.4 is 4.31 Å². The maximum atomic E-state index is 12.9. The highest BCUT2D eigenvalue weighted by Crippen LogP contribution is 2.30. The molecule has 0 aliphatic heterocycles. The van der Waals surface area contributed by atoms with Crippen LogP contribution in [0, 0.1) is 22.9 Å². The van der Waals surface area contributed by atoms with Crippen molar-refractivity contribution in [2.75, 3.05) is 11.4 Å². The summed E-state index contributed by atoms with van der Waals surface area (Å²) in [5.41, 5.74) is 0.262. The van der Waals surface area contributed by atoms with Crippen molar-refractivity contribution >= 4 is 21.4 Å². The van der Waals surface area contributed by atoms with Gasteiger partial charge in [-0.25, -0.2) is 12.8 Å². The van der Waals surface area contributed by atoms with Crippen molar-refractivity contribution in [1.82, 2.24) is 0 Å². The Morgan fingerprint density at radius 1 is 1.14 bits per heavy atom. The van der Waals surface area contributed by atoms with Crippen molar-refractivity contribution in [3.63, 3.8) is 0 Å². The van der Waals surface area contributed by atoms with Crippen molar-refractivity contribution in [1.29, 1.82) is 0 Å². The van der Waals surface area contributed by atoms with Crippen molar-refractivity contribution in [2.24, 2.45) is 0 Å². The van der Waals surface area contributed by atoms with E-state index in [-0.39, 0.29) is 21.8 Å². The highest BCUT2D eigenvalue weighted by Gasteiger charge is 2.25. The molecule has 0 aliphatic rings. The molecule has 0 radical (unpaired) electrons. The van der Waals surface area contributed by atoms with Gasteiger partial charge in [0.1, 0.15) is 5.82 Å². The van der Waals surface area contributed by atoms with E-state index in [2.05, 4.69) is 0 Å². The molecule has 0 N–H and O–H groups in total. The lowest BCUT2D eigenvalue weighted by Gasteiger charge is -2.21. The van der Waals surface area contributed by atoms with Crippen molar-refractivity contribution in [2.45, 2.75) is 11.8 Å². The van der Waals surface area contributed by atoms with E-state index in [9.17, 15) is 22.9 Å². The average Bonchev–Trinajstić information content (AvgIpc) is 2.47. The summed E-state index contributed by atoms with van der Waals surface area (Å²) < 4.78 is 38.9. The first kappa shape index (κ1) is 15.9. The van der Waals surface area contributed by atoms with E-state index in [0.29, 0.717) is 0 Å². The molecule has 0 spiro atoms. The Morgan fingerprint density at radius 3 is 2.27 bits per heavy atom. The molecule has 0 atom stereocenters. The van der Waals surface area contributed by atoms with Gasteiger partial charge in [-0.2, -0.15) is 0 Å². The number of anilines is 1. The standard InChI is InChI=1S/C14H13FN2O4S/c1-10-13(4-3-5-14(10)17(18)19)16(2)22(20,21)12-8-6-11(15)7-9-12/h3-9H,1-2H3. The summed E-state index contributed by atoms with van der Waals surface area (Å²) >= 11 is 0. The molecule has 0 fully saturated rings. The smallest absolute Gasteiger partial charge is 0.269 e. The summed E-state index contributed by atoms with van der Waals surface area (Å²) in [6.45, 7) is 1.48. The van der Waals surface area contributed by atoms with Crippen LogP contribution in [0.4, 0.5) is 15.8 Å². The molecule has 22 heavy (non-hydrogen) atoms. The maximum Gasteiger partial charge on any atom is 0.274 e. The second-order valence-corrected chi connectivity index (χ2v) is 6.57. The molecule has 2 aromatic rings. The predicted octanol–water partition coefficient (Wildman–Crippen LogP) is 2.87. The summed E-state index contributed by atoms with van der Waals surface area (Å²) in [6, 6.07) is 8.57. The Hall–Kier alpha value is -2.48. The van der Waals surface area contributed by atoms with E-state index < -0.39 is 20.8 Å². The number of rotatable bonds is 4. The van der Waals surface area contributed by atoms with E-state index in [1.54, 1.807) is 0 Å². The van der Waals surface area contributed by atoms with Gasteiger partial charge in [0.05, 0.1) is 21.1 Å². The number of hydrogen-bond donors (Lipinski definition) is 0. The second kappa shape index (κ2) is 5.72. The van der Waals surface area contributed by atoms with E-state index in [1.165, 1.54) is 32.2 Å². The summed E-state index contributed by atoms with van der Waals surface area (Å²) in [5.74, 6) is -0.548. The van der Waals surface area contributed by atoms with Crippen LogP contribution in [-0.2, 0) is 10.0 Å². The van der Waals surface area contributed by atoms with Crippen LogP contribution in [0.3, 0.4) is 0 Å². The lowest BCUT2D eigenvalue weighted by Crippen LogP contribution is -2.27. The number of hydrogen-bond acceptors (Lipinski definition) is 4. The molecule has 0 unspecified atom stereocenters. The topological polar surface area (TPSA) is 80.5 Å². The molecule has 0 aromatic heterocycles. The third-order valence-electron chi connectivity index (χ3n) is 3.28. The van der Waals surface area contributed by atoms with E-state index in [4.69, 9.17) is 0 Å². The quantitative estimate of drug-likeness (QED) is 0.640. The van der Waals surface area contributed by atoms with Gasteiger partial charge in [-0.3, -0.25) is 14.4 Å². The van der Waals surface area contributed by atoms with Gasteiger partial charge < -0.3 is 0 Å². The van der Waals surface area contributed by atoms with E-state index >= 15 is 0 Å². The van der Waals surface area contributed by atoms with Crippen LogP contribution in [0.1, 0.15) is 5.56 Å². The van der Waals surface area contributed by atoms with Gasteiger partial charge in [-0.05, 0) is 37.3 Å². The molecular formula is C14H13FN2O4S. The average molecular weight is 324 g/mol. The van der Waals surface area contributed by atoms with Crippen LogP contribution in [0.2, 0.25) is 0 Å². The largest absolute Gasteiger partial charge is 0.274 e. The first-order valence-corrected chi connectivity index (χ1v) is 7.67. The van der Waals surface area contributed by atoms with Crippen LogP contribution in [0.25, 0.3) is 0 Å². The Morgan fingerprint density at radius 2 is 1.73 bits per heavy atom. The Balaban J connectivity index is 2.52. The van der Waals surface area contributed by atoms with Gasteiger partial charge in [0.2, 0.25) is 0 Å². The Kier molecular flexibility index (Phi) is 4.14. The highest BCUT2D eigenvalue weighted by atomic mass is 32.2.